The highest BCUT2D eigenvalue weighted by molar-refractivity contribution is 7.17. The zero-order valence-electron chi connectivity index (χ0n) is 15.8. The minimum Gasteiger partial charge on any atom is -0.477 e. The first kappa shape index (κ1) is 19.1. The summed E-state index contributed by atoms with van der Waals surface area (Å²) < 4.78 is 5.48. The van der Waals surface area contributed by atoms with Gasteiger partial charge in [0.15, 0.2) is 5.13 Å². The molecule has 1 aromatic heterocycles. The summed E-state index contributed by atoms with van der Waals surface area (Å²) in [5.74, 6) is -1.07. The number of hydrogen-bond donors (Lipinski definition) is 2. The van der Waals surface area contributed by atoms with Gasteiger partial charge >= 0.3 is 12.1 Å². The molecule has 4 rings (SSSR count). The number of carboxylic acids is 1. The Kier molecular flexibility index (Phi) is 5.31. The van der Waals surface area contributed by atoms with Gasteiger partial charge in [-0.05, 0) is 28.7 Å². The molecule has 0 saturated carbocycles. The normalized spacial score (nSPS) is 12.3. The van der Waals surface area contributed by atoms with Gasteiger partial charge in [0.2, 0.25) is 0 Å². The van der Waals surface area contributed by atoms with Crippen LogP contribution in [-0.2, 0) is 11.2 Å². The van der Waals surface area contributed by atoms with Gasteiger partial charge in [0.05, 0.1) is 5.69 Å². The summed E-state index contributed by atoms with van der Waals surface area (Å²) in [6.07, 6.45) is 0.680. The van der Waals surface area contributed by atoms with Crippen molar-refractivity contribution in [2.45, 2.75) is 25.7 Å². The minimum atomic E-state index is -1.04. The van der Waals surface area contributed by atoms with E-state index < -0.39 is 12.1 Å². The van der Waals surface area contributed by atoms with Gasteiger partial charge < -0.3 is 9.84 Å². The predicted octanol–water partition coefficient (Wildman–Crippen LogP) is 5.15. The van der Waals surface area contributed by atoms with Gasteiger partial charge in [0.25, 0.3) is 0 Å². The molecule has 2 aromatic carbocycles. The summed E-state index contributed by atoms with van der Waals surface area (Å²) >= 11 is 0.949. The van der Waals surface area contributed by atoms with Gasteiger partial charge in [0.1, 0.15) is 11.5 Å². The third kappa shape index (κ3) is 3.73. The van der Waals surface area contributed by atoms with E-state index in [1.807, 2.05) is 31.2 Å². The quantitative estimate of drug-likeness (QED) is 0.588. The molecule has 2 N–H and O–H groups in total. The van der Waals surface area contributed by atoms with Crippen LogP contribution < -0.4 is 5.32 Å². The number of benzene rings is 2. The lowest BCUT2D eigenvalue weighted by Gasteiger charge is -2.14. The van der Waals surface area contributed by atoms with Crippen molar-refractivity contribution in [2.75, 3.05) is 11.9 Å². The number of thiazole rings is 1. The number of aromatic nitrogens is 1. The molecule has 0 spiro atoms. The fraction of sp³-hybridized carbons (Fsp3) is 0.227. The van der Waals surface area contributed by atoms with Gasteiger partial charge in [-0.25, -0.2) is 14.6 Å². The maximum absolute atomic E-state index is 12.3. The lowest BCUT2D eigenvalue weighted by molar-refractivity contribution is 0.0700. The maximum atomic E-state index is 12.3. The number of fused-ring (bicyclic) bond motifs is 3. The number of hydrogen-bond acceptors (Lipinski definition) is 5. The highest BCUT2D eigenvalue weighted by Crippen LogP contribution is 2.44. The Morgan fingerprint density at radius 3 is 2.31 bits per heavy atom. The number of aryl methyl sites for hydroxylation is 1. The first-order valence-corrected chi connectivity index (χ1v) is 10.2. The molecule has 0 unspecified atom stereocenters. The summed E-state index contributed by atoms with van der Waals surface area (Å²) in [6, 6.07) is 16.2. The Bertz CT molecular complexity index is 1030. The van der Waals surface area contributed by atoms with Crippen LogP contribution in [0.3, 0.4) is 0 Å². The summed E-state index contributed by atoms with van der Waals surface area (Å²) in [5, 5.41) is 12.1. The molecule has 6 nitrogen and oxygen atoms in total. The van der Waals surface area contributed by atoms with Crippen molar-refractivity contribution < 1.29 is 19.4 Å². The van der Waals surface area contributed by atoms with Crippen molar-refractivity contribution >= 4 is 28.5 Å². The van der Waals surface area contributed by atoms with E-state index in [1.165, 1.54) is 0 Å². The van der Waals surface area contributed by atoms with Crippen LogP contribution in [0.5, 0.6) is 0 Å². The van der Waals surface area contributed by atoms with E-state index >= 15 is 0 Å². The molecule has 1 aliphatic carbocycles. The van der Waals surface area contributed by atoms with E-state index in [0.29, 0.717) is 12.1 Å². The van der Waals surface area contributed by atoms with Crippen molar-refractivity contribution in [2.24, 2.45) is 0 Å². The molecule has 1 heterocycles. The number of carbonyl (C=O) groups excluding carboxylic acids is 1. The van der Waals surface area contributed by atoms with Crippen molar-refractivity contribution in [3.05, 3.63) is 70.2 Å². The summed E-state index contributed by atoms with van der Waals surface area (Å²) in [5.41, 5.74) is 5.07. The molecular weight excluding hydrogens is 388 g/mol. The second-order valence-electron chi connectivity index (χ2n) is 6.80. The van der Waals surface area contributed by atoms with Crippen molar-refractivity contribution in [3.63, 3.8) is 0 Å². The SMILES string of the molecule is CCCc1nc(NC(=O)OCC2c3ccccc3-c3ccccc32)sc1C(=O)O. The van der Waals surface area contributed by atoms with Crippen molar-refractivity contribution in [1.82, 2.24) is 4.98 Å². The molecule has 0 radical (unpaired) electrons. The second-order valence-corrected chi connectivity index (χ2v) is 7.80. The number of nitrogens with one attached hydrogen (secondary N) is 1. The van der Waals surface area contributed by atoms with Crippen LogP contribution in [0, 0.1) is 0 Å². The molecule has 1 amide bonds. The van der Waals surface area contributed by atoms with Gasteiger partial charge in [-0.2, -0.15) is 0 Å². The smallest absolute Gasteiger partial charge is 0.413 e. The topological polar surface area (TPSA) is 88.5 Å². The van der Waals surface area contributed by atoms with Gasteiger partial charge in [-0.1, -0.05) is 73.2 Å². The summed E-state index contributed by atoms with van der Waals surface area (Å²) in [7, 11) is 0. The number of carboxylic acid groups (broad SMARTS) is 1. The monoisotopic (exact) mass is 408 g/mol. The molecule has 0 fully saturated rings. The van der Waals surface area contributed by atoms with E-state index in [0.717, 1.165) is 40.0 Å². The number of nitrogens with zero attached hydrogens (tertiary/aromatic N) is 1. The van der Waals surface area contributed by atoms with Gasteiger partial charge in [0, 0.05) is 5.92 Å². The van der Waals surface area contributed by atoms with Crippen LogP contribution in [0.25, 0.3) is 11.1 Å². The number of rotatable bonds is 6. The van der Waals surface area contributed by atoms with Crippen molar-refractivity contribution in [3.8, 4) is 11.1 Å². The summed E-state index contributed by atoms with van der Waals surface area (Å²) in [4.78, 5) is 28.1. The number of ether oxygens (including phenoxy) is 1. The predicted molar refractivity (Wildman–Crippen MR) is 112 cm³/mol. The first-order chi connectivity index (χ1) is 14.1. The zero-order valence-corrected chi connectivity index (χ0v) is 16.7. The largest absolute Gasteiger partial charge is 0.477 e. The highest BCUT2D eigenvalue weighted by Gasteiger charge is 2.29. The molecule has 29 heavy (non-hydrogen) atoms. The minimum absolute atomic E-state index is 0.0327. The van der Waals surface area contributed by atoms with Crippen molar-refractivity contribution in [1.29, 1.82) is 0 Å². The van der Waals surface area contributed by atoms with E-state index in [-0.39, 0.29) is 22.5 Å². The molecule has 0 bridgehead atoms. The van der Waals surface area contributed by atoms with E-state index in [9.17, 15) is 14.7 Å². The average Bonchev–Trinajstić information content (AvgIpc) is 3.26. The molecule has 0 aliphatic heterocycles. The first-order valence-electron chi connectivity index (χ1n) is 9.43. The molecular formula is C22H20N2O4S. The second kappa shape index (κ2) is 8.05. The Morgan fingerprint density at radius 2 is 1.72 bits per heavy atom. The molecule has 0 saturated heterocycles. The van der Waals surface area contributed by atoms with Crippen LogP contribution in [0.4, 0.5) is 9.93 Å². The Balaban J connectivity index is 1.47. The third-order valence-electron chi connectivity index (χ3n) is 4.93. The van der Waals surface area contributed by atoms with Gasteiger partial charge in [-0.3, -0.25) is 5.32 Å². The number of amides is 1. The number of aromatic carboxylic acids is 1. The maximum Gasteiger partial charge on any atom is 0.413 e. The van der Waals surface area contributed by atoms with Crippen LogP contribution in [0.15, 0.2) is 48.5 Å². The van der Waals surface area contributed by atoms with Crippen LogP contribution >= 0.6 is 11.3 Å². The lowest BCUT2D eigenvalue weighted by atomic mass is 9.98. The van der Waals surface area contributed by atoms with Crippen LogP contribution in [0.2, 0.25) is 0 Å². The zero-order chi connectivity index (χ0) is 20.4. The Hall–Kier alpha value is -3.19. The van der Waals surface area contributed by atoms with E-state index in [1.54, 1.807) is 0 Å². The number of carbonyl (C=O) groups is 2. The Morgan fingerprint density at radius 1 is 1.10 bits per heavy atom. The molecule has 7 heteroatoms. The van der Waals surface area contributed by atoms with Crippen LogP contribution in [-0.4, -0.2) is 28.8 Å². The lowest BCUT2D eigenvalue weighted by Crippen LogP contribution is -2.17. The van der Waals surface area contributed by atoms with E-state index in [2.05, 4.69) is 34.6 Å². The van der Waals surface area contributed by atoms with E-state index in [4.69, 9.17) is 4.74 Å². The molecule has 148 valence electrons. The standard InChI is InChI=1S/C22H20N2O4S/c1-2-7-18-19(20(25)26)29-21(23-18)24-22(27)28-12-17-15-10-5-3-8-13(15)14-9-4-6-11-16(14)17/h3-6,8-11,17H,2,7,12H2,1H3,(H,25,26)(H,23,24,27). The summed E-state index contributed by atoms with van der Waals surface area (Å²) in [6.45, 7) is 2.14. The average molecular weight is 408 g/mol. The third-order valence-corrected chi connectivity index (χ3v) is 5.93. The molecule has 1 aliphatic rings. The Labute approximate surface area is 172 Å². The van der Waals surface area contributed by atoms with Gasteiger partial charge in [-0.15, -0.1) is 0 Å². The van der Waals surface area contributed by atoms with Crippen LogP contribution in [0.1, 0.15) is 45.8 Å². The fourth-order valence-corrected chi connectivity index (χ4v) is 4.54. The molecule has 0 atom stereocenters. The number of anilines is 1. The fourth-order valence-electron chi connectivity index (χ4n) is 3.70. The molecule has 3 aromatic rings. The highest BCUT2D eigenvalue weighted by atomic mass is 32.1.